The third-order valence-corrected chi connectivity index (χ3v) is 9.33. The predicted octanol–water partition coefficient (Wildman–Crippen LogP) is 1.60. The van der Waals surface area contributed by atoms with Crippen LogP contribution in [0, 0.1) is 5.92 Å². The number of nitrogens with one attached hydrogen (secondary N) is 4. The molecule has 5 N–H and O–H groups in total. The second-order valence-electron chi connectivity index (χ2n) is 11.5. The standard InChI is InChI=1S/C31H34N4O6/c1-17-15-20-7-8-21(25-24(20)30(12-14-32-2)26(41-25)23(36)9-11-31(17,30)40)27(37)33-13-10-18-3-5-19(6-4-18)22-16-34-29(39)35-28(22)38/h3-8,16-17,26,32,40H,9-15H2,1-2H3,(H,33,37)(H2,34,35,38,39)/t17-,26+,30+,31-/m1/s1. The van der Waals surface area contributed by atoms with Gasteiger partial charge >= 0.3 is 5.69 Å². The van der Waals surface area contributed by atoms with Crippen LogP contribution in [0.4, 0.5) is 0 Å². The number of carbonyl (C=O) groups is 2. The Labute approximate surface area is 236 Å². The van der Waals surface area contributed by atoms with Gasteiger partial charge in [0.2, 0.25) is 0 Å². The van der Waals surface area contributed by atoms with Crippen LogP contribution in [0.2, 0.25) is 0 Å². The van der Waals surface area contributed by atoms with E-state index in [1.807, 2.05) is 32.2 Å². The average Bonchev–Trinajstić information content (AvgIpc) is 3.32. The molecule has 10 nitrogen and oxygen atoms in total. The van der Waals surface area contributed by atoms with Gasteiger partial charge in [0, 0.05) is 24.7 Å². The van der Waals surface area contributed by atoms with Crippen molar-refractivity contribution in [3.8, 4) is 16.9 Å². The minimum absolute atomic E-state index is 0.0271. The average molecular weight is 559 g/mol. The number of aromatic nitrogens is 2. The number of ether oxygens (including phenoxy) is 1. The number of benzene rings is 2. The number of hydrogen-bond donors (Lipinski definition) is 5. The van der Waals surface area contributed by atoms with Crippen molar-refractivity contribution < 1.29 is 19.4 Å². The Balaban J connectivity index is 1.23. The summed E-state index contributed by atoms with van der Waals surface area (Å²) in [5, 5.41) is 18.3. The van der Waals surface area contributed by atoms with Crippen LogP contribution in [0.5, 0.6) is 5.75 Å². The zero-order chi connectivity index (χ0) is 28.9. The maximum atomic E-state index is 13.4. The van der Waals surface area contributed by atoms with Crippen LogP contribution >= 0.6 is 0 Å². The van der Waals surface area contributed by atoms with E-state index in [1.54, 1.807) is 18.2 Å². The highest BCUT2D eigenvalue weighted by atomic mass is 16.5. The lowest BCUT2D eigenvalue weighted by molar-refractivity contribution is -0.164. The maximum Gasteiger partial charge on any atom is 0.325 e. The molecule has 0 saturated heterocycles. The number of ketones is 1. The number of rotatable bonds is 8. The van der Waals surface area contributed by atoms with E-state index in [0.29, 0.717) is 61.2 Å². The van der Waals surface area contributed by atoms with Gasteiger partial charge in [0.1, 0.15) is 5.75 Å². The Morgan fingerprint density at radius 3 is 2.63 bits per heavy atom. The molecule has 0 unspecified atom stereocenters. The van der Waals surface area contributed by atoms with E-state index >= 15 is 0 Å². The molecule has 1 saturated carbocycles. The minimum Gasteiger partial charge on any atom is -0.480 e. The molecular formula is C31H34N4O6. The quantitative estimate of drug-likeness (QED) is 0.281. The number of aliphatic hydroxyl groups is 1. The summed E-state index contributed by atoms with van der Waals surface area (Å²) in [4.78, 5) is 54.7. The maximum absolute atomic E-state index is 13.4. The highest BCUT2D eigenvalue weighted by Gasteiger charge is 2.69. The van der Waals surface area contributed by atoms with Gasteiger partial charge in [-0.1, -0.05) is 37.3 Å². The van der Waals surface area contributed by atoms with E-state index in [-0.39, 0.29) is 24.0 Å². The summed E-state index contributed by atoms with van der Waals surface area (Å²) in [6.07, 6.45) is 2.97. The molecule has 214 valence electrons. The van der Waals surface area contributed by atoms with Crippen molar-refractivity contribution in [3.63, 3.8) is 0 Å². The van der Waals surface area contributed by atoms with Crippen LogP contribution in [0.1, 0.15) is 53.2 Å². The van der Waals surface area contributed by atoms with Crippen LogP contribution in [0.3, 0.4) is 0 Å². The van der Waals surface area contributed by atoms with Gasteiger partial charge in [0.05, 0.1) is 22.1 Å². The zero-order valence-electron chi connectivity index (χ0n) is 23.1. The summed E-state index contributed by atoms with van der Waals surface area (Å²) in [5.41, 5.74) is 1.22. The zero-order valence-corrected chi connectivity index (χ0v) is 23.1. The highest BCUT2D eigenvalue weighted by molar-refractivity contribution is 5.99. The summed E-state index contributed by atoms with van der Waals surface area (Å²) in [5.74, 6) is 0.0553. The largest absolute Gasteiger partial charge is 0.480 e. The van der Waals surface area contributed by atoms with Crippen LogP contribution < -0.4 is 26.6 Å². The van der Waals surface area contributed by atoms with Gasteiger partial charge in [-0.15, -0.1) is 0 Å². The normalized spacial score (nSPS) is 25.9. The Morgan fingerprint density at radius 2 is 1.90 bits per heavy atom. The molecule has 10 heteroatoms. The van der Waals surface area contributed by atoms with Crippen molar-refractivity contribution in [3.05, 3.63) is 85.7 Å². The number of carbonyl (C=O) groups excluding carboxylic acids is 2. The van der Waals surface area contributed by atoms with Gasteiger partial charge in [0.25, 0.3) is 11.5 Å². The van der Waals surface area contributed by atoms with E-state index in [0.717, 1.165) is 16.7 Å². The molecule has 2 aliphatic carbocycles. The topological polar surface area (TPSA) is 153 Å². The molecule has 1 aliphatic heterocycles. The van der Waals surface area contributed by atoms with Gasteiger partial charge in [-0.25, -0.2) is 4.79 Å². The first kappa shape index (κ1) is 27.2. The molecule has 2 heterocycles. The molecule has 6 rings (SSSR count). The smallest absolute Gasteiger partial charge is 0.325 e. The molecule has 0 radical (unpaired) electrons. The second kappa shape index (κ2) is 10.1. The van der Waals surface area contributed by atoms with Crippen LogP contribution in [0.25, 0.3) is 11.1 Å². The summed E-state index contributed by atoms with van der Waals surface area (Å²) in [6.45, 7) is 3.01. The molecule has 3 aromatic rings. The third-order valence-electron chi connectivity index (χ3n) is 9.33. The first-order valence-corrected chi connectivity index (χ1v) is 14.1. The summed E-state index contributed by atoms with van der Waals surface area (Å²) in [6, 6.07) is 11.1. The van der Waals surface area contributed by atoms with Gasteiger partial charge in [0.15, 0.2) is 11.9 Å². The molecule has 0 spiro atoms. The van der Waals surface area contributed by atoms with Crippen LogP contribution in [-0.2, 0) is 23.1 Å². The monoisotopic (exact) mass is 558 g/mol. The van der Waals surface area contributed by atoms with Crippen molar-refractivity contribution >= 4 is 11.7 Å². The van der Waals surface area contributed by atoms with Gasteiger partial charge in [-0.2, -0.15) is 0 Å². The van der Waals surface area contributed by atoms with E-state index < -0.39 is 28.4 Å². The van der Waals surface area contributed by atoms with Crippen molar-refractivity contribution in [2.45, 2.75) is 56.1 Å². The van der Waals surface area contributed by atoms with Crippen molar-refractivity contribution in [2.75, 3.05) is 20.1 Å². The summed E-state index contributed by atoms with van der Waals surface area (Å²) < 4.78 is 6.37. The Bertz CT molecular complexity index is 1640. The molecular weight excluding hydrogens is 524 g/mol. The SMILES string of the molecule is CNCC[C@]12c3c4ccc(C(=O)NCCc5ccc(-c6c[nH]c(=O)[nH]c6=O)cc5)c3O[C@H]1C(=O)CC[C@@]2(O)[C@H](C)C4. The molecule has 1 aromatic heterocycles. The van der Waals surface area contributed by atoms with Crippen molar-refractivity contribution in [2.24, 2.45) is 5.92 Å². The number of aromatic amines is 2. The van der Waals surface area contributed by atoms with Crippen LogP contribution in [0.15, 0.2) is 52.2 Å². The molecule has 41 heavy (non-hydrogen) atoms. The molecule has 1 fully saturated rings. The van der Waals surface area contributed by atoms with E-state index in [4.69, 9.17) is 4.74 Å². The first-order chi connectivity index (χ1) is 19.7. The fourth-order valence-electron chi connectivity index (χ4n) is 7.26. The van der Waals surface area contributed by atoms with E-state index in [2.05, 4.69) is 20.6 Å². The summed E-state index contributed by atoms with van der Waals surface area (Å²) >= 11 is 0. The second-order valence-corrected chi connectivity index (χ2v) is 11.5. The summed E-state index contributed by atoms with van der Waals surface area (Å²) in [7, 11) is 1.85. The van der Waals surface area contributed by atoms with Gasteiger partial charge < -0.3 is 25.5 Å². The van der Waals surface area contributed by atoms with Crippen molar-refractivity contribution in [1.29, 1.82) is 0 Å². The van der Waals surface area contributed by atoms with E-state index in [1.165, 1.54) is 6.20 Å². The lowest BCUT2D eigenvalue weighted by atomic mass is 9.49. The van der Waals surface area contributed by atoms with Gasteiger partial charge in [-0.05, 0) is 68.0 Å². The van der Waals surface area contributed by atoms with Crippen LogP contribution in [-0.4, -0.2) is 58.6 Å². The van der Waals surface area contributed by atoms with E-state index in [9.17, 15) is 24.3 Å². The Hall–Kier alpha value is -4.02. The first-order valence-electron chi connectivity index (χ1n) is 14.1. The predicted molar refractivity (Wildman–Crippen MR) is 152 cm³/mol. The molecule has 1 amide bonds. The number of Topliss-reactive ketones (excluding diaryl/α,β-unsaturated/α-hetero) is 1. The van der Waals surface area contributed by atoms with Crippen molar-refractivity contribution in [1.82, 2.24) is 20.6 Å². The number of amides is 1. The fraction of sp³-hybridized carbons (Fsp3) is 0.419. The molecule has 2 aromatic carbocycles. The number of hydrogen-bond acceptors (Lipinski definition) is 7. The lowest BCUT2D eigenvalue weighted by Gasteiger charge is -2.56. The minimum atomic E-state index is -1.10. The number of H-pyrrole nitrogens is 2. The third kappa shape index (κ3) is 4.16. The Kier molecular flexibility index (Phi) is 6.70. The molecule has 3 aliphatic rings. The Morgan fingerprint density at radius 1 is 1.12 bits per heavy atom. The van der Waals surface area contributed by atoms with Gasteiger partial charge in [-0.3, -0.25) is 19.4 Å². The fourth-order valence-corrected chi connectivity index (χ4v) is 7.26. The molecule has 4 atom stereocenters. The molecule has 0 bridgehead atoms. The lowest BCUT2D eigenvalue weighted by Crippen LogP contribution is -2.68. The highest BCUT2D eigenvalue weighted by Crippen LogP contribution is 2.62.